The number of rotatable bonds is 8. The molecule has 3 aromatic rings. The van der Waals surface area contributed by atoms with Crippen molar-refractivity contribution in [3.63, 3.8) is 0 Å². The summed E-state index contributed by atoms with van der Waals surface area (Å²) in [7, 11) is 1.43. The highest BCUT2D eigenvalue weighted by atomic mass is 35.5. The van der Waals surface area contributed by atoms with Crippen LogP contribution < -0.4 is 19.6 Å². The van der Waals surface area contributed by atoms with Gasteiger partial charge in [0.15, 0.2) is 17.6 Å². The highest BCUT2D eigenvalue weighted by Gasteiger charge is 2.16. The molecule has 0 aliphatic rings. The van der Waals surface area contributed by atoms with Crippen LogP contribution in [0.2, 0.25) is 20.1 Å². The fourth-order valence-corrected chi connectivity index (χ4v) is 3.46. The van der Waals surface area contributed by atoms with Gasteiger partial charge >= 0.3 is 5.97 Å². The van der Waals surface area contributed by atoms with Crippen molar-refractivity contribution in [2.75, 3.05) is 7.11 Å². The molecule has 3 rings (SSSR count). The Morgan fingerprint density at radius 1 is 0.886 bits per heavy atom. The number of hydrogen-bond donors (Lipinski definition) is 1. The number of hydrogen-bond acceptors (Lipinski definition) is 6. The predicted octanol–water partition coefficient (Wildman–Crippen LogP) is 6.45. The van der Waals surface area contributed by atoms with Crippen LogP contribution in [-0.4, -0.2) is 31.3 Å². The number of halogens is 4. The molecular weight excluding hydrogens is 538 g/mol. The summed E-state index contributed by atoms with van der Waals surface area (Å²) in [6.07, 6.45) is 0.524. The molecule has 35 heavy (non-hydrogen) atoms. The average molecular weight is 556 g/mol. The lowest BCUT2D eigenvalue weighted by atomic mass is 10.2. The van der Waals surface area contributed by atoms with E-state index in [0.717, 1.165) is 0 Å². The van der Waals surface area contributed by atoms with Crippen LogP contribution in [0.15, 0.2) is 59.7 Å². The third kappa shape index (κ3) is 7.26. The van der Waals surface area contributed by atoms with Crippen LogP contribution in [0, 0.1) is 0 Å². The van der Waals surface area contributed by atoms with Crippen LogP contribution in [0.1, 0.15) is 22.8 Å². The van der Waals surface area contributed by atoms with Gasteiger partial charge in [0.2, 0.25) is 0 Å². The second kappa shape index (κ2) is 12.1. The molecule has 7 nitrogen and oxygen atoms in total. The Hall–Kier alpha value is -2.97. The number of hydrazone groups is 1. The van der Waals surface area contributed by atoms with Crippen LogP contribution in [0.5, 0.6) is 17.2 Å². The maximum Gasteiger partial charge on any atom is 0.343 e. The zero-order valence-corrected chi connectivity index (χ0v) is 21.4. The van der Waals surface area contributed by atoms with E-state index in [1.54, 1.807) is 31.2 Å². The van der Waals surface area contributed by atoms with Crippen molar-refractivity contribution in [1.82, 2.24) is 5.43 Å². The number of esters is 1. The van der Waals surface area contributed by atoms with E-state index in [2.05, 4.69) is 10.5 Å². The van der Waals surface area contributed by atoms with Crippen LogP contribution in [0.4, 0.5) is 0 Å². The number of nitrogens with zero attached hydrogens (tertiary/aromatic N) is 1. The van der Waals surface area contributed by atoms with Gasteiger partial charge in [0.1, 0.15) is 5.75 Å². The highest BCUT2D eigenvalue weighted by molar-refractivity contribution is 6.42. The summed E-state index contributed by atoms with van der Waals surface area (Å²) in [5, 5.41) is 5.22. The molecule has 1 N–H and O–H groups in total. The Bertz CT molecular complexity index is 1280. The van der Waals surface area contributed by atoms with E-state index in [1.807, 2.05) is 0 Å². The summed E-state index contributed by atoms with van der Waals surface area (Å²) in [5.41, 5.74) is 3.19. The van der Waals surface area contributed by atoms with Crippen LogP contribution in [0.25, 0.3) is 0 Å². The van der Waals surface area contributed by atoms with Crippen molar-refractivity contribution in [3.05, 3.63) is 85.8 Å². The quantitative estimate of drug-likeness (QED) is 0.149. The Morgan fingerprint density at radius 3 is 2.31 bits per heavy atom. The zero-order valence-electron chi connectivity index (χ0n) is 18.4. The van der Waals surface area contributed by atoms with Gasteiger partial charge in [-0.1, -0.05) is 46.4 Å². The van der Waals surface area contributed by atoms with Crippen molar-refractivity contribution in [2.45, 2.75) is 13.0 Å². The summed E-state index contributed by atoms with van der Waals surface area (Å²) in [6.45, 7) is 1.55. The Morgan fingerprint density at radius 2 is 1.63 bits per heavy atom. The maximum atomic E-state index is 12.4. The van der Waals surface area contributed by atoms with Crippen LogP contribution in [0.3, 0.4) is 0 Å². The molecular formula is C24H18Cl4N2O5. The van der Waals surface area contributed by atoms with Crippen molar-refractivity contribution >= 4 is 64.5 Å². The van der Waals surface area contributed by atoms with Gasteiger partial charge in [0.25, 0.3) is 5.91 Å². The first-order valence-electron chi connectivity index (χ1n) is 9.98. The van der Waals surface area contributed by atoms with Gasteiger partial charge in [-0.3, -0.25) is 4.79 Å². The lowest BCUT2D eigenvalue weighted by molar-refractivity contribution is -0.127. The summed E-state index contributed by atoms with van der Waals surface area (Å²) < 4.78 is 16.3. The average Bonchev–Trinajstić information content (AvgIpc) is 2.83. The molecule has 0 fully saturated rings. The van der Waals surface area contributed by atoms with Gasteiger partial charge in [-0.25, -0.2) is 10.2 Å². The SMILES string of the molecule is COc1cc(/C=N\NC(=O)[C@H](C)Oc2ccc(Cl)cc2Cl)ccc1OC(=O)c1ccc(Cl)c(Cl)c1. The summed E-state index contributed by atoms with van der Waals surface area (Å²) in [5.74, 6) is -0.343. The first-order chi connectivity index (χ1) is 16.7. The standard InChI is InChI=1S/C24H18Cl4N2O5/c1-13(34-20-8-5-16(25)11-19(20)28)23(31)30-29-12-14-3-7-21(22(9-14)33-2)35-24(32)15-4-6-17(26)18(27)10-15/h3-13H,1-2H3,(H,30,31)/b29-12-/t13-/m0/s1. The second-order valence-corrected chi connectivity index (χ2v) is 8.66. The minimum Gasteiger partial charge on any atom is -0.493 e. The number of nitrogens with one attached hydrogen (secondary N) is 1. The van der Waals surface area contributed by atoms with Gasteiger partial charge in [-0.2, -0.15) is 5.10 Å². The van der Waals surface area contributed by atoms with Gasteiger partial charge in [0.05, 0.1) is 34.0 Å². The Kier molecular flexibility index (Phi) is 9.23. The van der Waals surface area contributed by atoms with E-state index >= 15 is 0 Å². The van der Waals surface area contributed by atoms with E-state index < -0.39 is 18.0 Å². The van der Waals surface area contributed by atoms with Gasteiger partial charge in [-0.05, 0) is 67.1 Å². The molecule has 182 valence electrons. The number of amides is 1. The van der Waals surface area contributed by atoms with Crippen molar-refractivity contribution in [3.8, 4) is 17.2 Å². The molecule has 0 aliphatic heterocycles. The number of carbonyl (C=O) groups excluding carboxylic acids is 2. The monoisotopic (exact) mass is 554 g/mol. The van der Waals surface area contributed by atoms with Crippen LogP contribution >= 0.6 is 46.4 Å². The largest absolute Gasteiger partial charge is 0.493 e. The first kappa shape index (κ1) is 26.6. The highest BCUT2D eigenvalue weighted by Crippen LogP contribution is 2.30. The molecule has 0 radical (unpaired) electrons. The second-order valence-electron chi connectivity index (χ2n) is 7.00. The summed E-state index contributed by atoms with van der Waals surface area (Å²) >= 11 is 23.7. The number of carbonyl (C=O) groups is 2. The van der Waals surface area contributed by atoms with E-state index in [-0.39, 0.29) is 27.1 Å². The molecule has 0 heterocycles. The van der Waals surface area contributed by atoms with Crippen LogP contribution in [-0.2, 0) is 4.79 Å². The molecule has 3 aromatic carbocycles. The van der Waals surface area contributed by atoms with Gasteiger partial charge in [-0.15, -0.1) is 0 Å². The normalized spacial score (nSPS) is 11.7. The molecule has 11 heteroatoms. The number of methoxy groups -OCH3 is 1. The molecule has 0 saturated carbocycles. The Labute approximate surface area is 221 Å². The first-order valence-corrected chi connectivity index (χ1v) is 11.5. The topological polar surface area (TPSA) is 86.2 Å². The molecule has 0 saturated heterocycles. The summed E-state index contributed by atoms with van der Waals surface area (Å²) in [4.78, 5) is 24.7. The van der Waals surface area contributed by atoms with Crippen molar-refractivity contribution in [2.24, 2.45) is 5.10 Å². The van der Waals surface area contributed by atoms with Crippen molar-refractivity contribution < 1.29 is 23.8 Å². The lowest BCUT2D eigenvalue weighted by Gasteiger charge is -2.14. The molecule has 0 aliphatic carbocycles. The minimum absolute atomic E-state index is 0.187. The minimum atomic E-state index is -0.872. The number of benzene rings is 3. The van der Waals surface area contributed by atoms with E-state index in [9.17, 15) is 9.59 Å². The van der Waals surface area contributed by atoms with E-state index in [0.29, 0.717) is 21.4 Å². The molecule has 1 amide bonds. The molecule has 0 unspecified atom stereocenters. The Balaban J connectivity index is 1.61. The third-order valence-electron chi connectivity index (χ3n) is 4.50. The number of ether oxygens (including phenoxy) is 3. The van der Waals surface area contributed by atoms with E-state index in [4.69, 9.17) is 60.6 Å². The van der Waals surface area contributed by atoms with Crippen molar-refractivity contribution in [1.29, 1.82) is 0 Å². The fourth-order valence-electron chi connectivity index (χ4n) is 2.71. The smallest absolute Gasteiger partial charge is 0.343 e. The zero-order chi connectivity index (χ0) is 25.5. The molecule has 0 aromatic heterocycles. The molecule has 1 atom stereocenters. The van der Waals surface area contributed by atoms with Gasteiger partial charge < -0.3 is 14.2 Å². The van der Waals surface area contributed by atoms with Gasteiger partial charge in [0, 0.05) is 5.02 Å². The lowest BCUT2D eigenvalue weighted by Crippen LogP contribution is -2.33. The molecule has 0 spiro atoms. The third-order valence-corrected chi connectivity index (χ3v) is 5.77. The maximum absolute atomic E-state index is 12.4. The molecule has 0 bridgehead atoms. The fraction of sp³-hybridized carbons (Fsp3) is 0.125. The predicted molar refractivity (Wildman–Crippen MR) is 137 cm³/mol. The van der Waals surface area contributed by atoms with E-state index in [1.165, 1.54) is 43.7 Å². The summed E-state index contributed by atoms with van der Waals surface area (Å²) in [6, 6.07) is 13.8.